The lowest BCUT2D eigenvalue weighted by atomic mass is 10.2. The fourth-order valence-electron chi connectivity index (χ4n) is 2.86. The van der Waals surface area contributed by atoms with Crippen LogP contribution in [-0.2, 0) is 14.8 Å². The van der Waals surface area contributed by atoms with Crippen molar-refractivity contribution in [2.75, 3.05) is 18.0 Å². The van der Waals surface area contributed by atoms with Crippen LogP contribution in [-0.4, -0.2) is 34.2 Å². The topological polar surface area (TPSA) is 88.1 Å². The van der Waals surface area contributed by atoms with Crippen LogP contribution in [0, 0.1) is 6.92 Å². The molecule has 10 heteroatoms. The lowest BCUT2D eigenvalue weighted by molar-refractivity contribution is -0.119. The van der Waals surface area contributed by atoms with Crippen molar-refractivity contribution in [1.29, 1.82) is 0 Å². The van der Waals surface area contributed by atoms with Crippen molar-refractivity contribution in [3.05, 3.63) is 87.9 Å². The summed E-state index contributed by atoms with van der Waals surface area (Å²) in [6, 6.07) is 17.7. The van der Waals surface area contributed by atoms with Crippen molar-refractivity contribution in [2.24, 2.45) is 5.10 Å². The molecule has 1 N–H and O–H groups in total. The Morgan fingerprint density at radius 2 is 1.79 bits per heavy atom. The van der Waals surface area contributed by atoms with Crippen molar-refractivity contribution in [3.8, 4) is 5.75 Å². The normalized spacial score (nSPS) is 11.4. The molecule has 0 fully saturated rings. The maximum absolute atomic E-state index is 13.4. The Labute approximate surface area is 202 Å². The maximum atomic E-state index is 13.4. The Morgan fingerprint density at radius 1 is 1.06 bits per heavy atom. The molecule has 7 nitrogen and oxygen atoms in total. The highest BCUT2D eigenvalue weighted by Crippen LogP contribution is 2.27. The molecule has 0 heterocycles. The second-order valence-electron chi connectivity index (χ2n) is 6.99. The van der Waals surface area contributed by atoms with Gasteiger partial charge in [-0.05, 0) is 48.9 Å². The van der Waals surface area contributed by atoms with Gasteiger partial charge in [-0.1, -0.05) is 53.0 Å². The summed E-state index contributed by atoms with van der Waals surface area (Å²) in [6.07, 6.45) is 1.38. The Kier molecular flexibility index (Phi) is 7.97. The highest BCUT2D eigenvalue weighted by Gasteiger charge is 2.27. The number of methoxy groups -OCH3 is 1. The van der Waals surface area contributed by atoms with E-state index in [1.165, 1.54) is 31.5 Å². The molecule has 0 bridgehead atoms. The second-order valence-corrected chi connectivity index (χ2v) is 9.67. The first-order chi connectivity index (χ1) is 15.7. The SMILES string of the molecule is COc1cccc(N(CC(=O)N/N=C\c2ccc(Cl)c(Cl)c2)S(=O)(=O)c2ccc(C)cc2)c1. The fraction of sp³-hybridized carbons (Fsp3) is 0.130. The zero-order chi connectivity index (χ0) is 24.0. The number of ether oxygens (including phenoxy) is 1. The van der Waals surface area contributed by atoms with Crippen molar-refractivity contribution in [2.45, 2.75) is 11.8 Å². The monoisotopic (exact) mass is 505 g/mol. The molecule has 0 spiro atoms. The van der Waals surface area contributed by atoms with E-state index in [1.54, 1.807) is 48.5 Å². The molecule has 1 amide bonds. The third-order valence-electron chi connectivity index (χ3n) is 4.58. The third-order valence-corrected chi connectivity index (χ3v) is 7.11. The number of carbonyl (C=O) groups excluding carboxylic acids is 1. The van der Waals surface area contributed by atoms with Crippen LogP contribution in [0.15, 0.2) is 76.7 Å². The number of nitrogens with one attached hydrogen (secondary N) is 1. The van der Waals surface area contributed by atoms with E-state index in [1.807, 2.05) is 6.92 Å². The van der Waals surface area contributed by atoms with Gasteiger partial charge in [0.1, 0.15) is 12.3 Å². The van der Waals surface area contributed by atoms with E-state index >= 15 is 0 Å². The van der Waals surface area contributed by atoms with E-state index in [0.717, 1.165) is 9.87 Å². The number of halogens is 2. The molecule has 172 valence electrons. The van der Waals surface area contributed by atoms with Gasteiger partial charge in [-0.3, -0.25) is 9.10 Å². The molecule has 0 aliphatic carbocycles. The van der Waals surface area contributed by atoms with Crippen LogP contribution in [0.25, 0.3) is 0 Å². The number of rotatable bonds is 8. The molecule has 0 aromatic heterocycles. The van der Waals surface area contributed by atoms with Gasteiger partial charge in [0.25, 0.3) is 15.9 Å². The molecule has 0 atom stereocenters. The highest BCUT2D eigenvalue weighted by atomic mass is 35.5. The zero-order valence-corrected chi connectivity index (χ0v) is 20.2. The van der Waals surface area contributed by atoms with Crippen LogP contribution in [0.2, 0.25) is 10.0 Å². The van der Waals surface area contributed by atoms with Gasteiger partial charge in [0, 0.05) is 6.07 Å². The van der Waals surface area contributed by atoms with E-state index < -0.39 is 22.5 Å². The van der Waals surface area contributed by atoms with Crippen LogP contribution in [0.3, 0.4) is 0 Å². The molecule has 33 heavy (non-hydrogen) atoms. The van der Waals surface area contributed by atoms with E-state index in [0.29, 0.717) is 21.4 Å². The van der Waals surface area contributed by atoms with Crippen molar-refractivity contribution >= 4 is 51.0 Å². The summed E-state index contributed by atoms with van der Waals surface area (Å²) in [6.45, 7) is 1.36. The smallest absolute Gasteiger partial charge is 0.264 e. The summed E-state index contributed by atoms with van der Waals surface area (Å²) >= 11 is 11.9. The second kappa shape index (κ2) is 10.7. The molecule has 3 aromatic rings. The minimum absolute atomic E-state index is 0.0584. The molecule has 0 aliphatic heterocycles. The lowest BCUT2D eigenvalue weighted by Gasteiger charge is -2.24. The summed E-state index contributed by atoms with van der Waals surface area (Å²) in [5.74, 6) is -0.181. The summed E-state index contributed by atoms with van der Waals surface area (Å²) in [5.41, 5.74) is 4.15. The minimum atomic E-state index is -4.05. The molecule has 0 saturated heterocycles. The summed E-state index contributed by atoms with van der Waals surface area (Å²) in [5, 5.41) is 4.63. The van der Waals surface area contributed by atoms with E-state index in [-0.39, 0.29) is 10.6 Å². The maximum Gasteiger partial charge on any atom is 0.264 e. The Balaban J connectivity index is 1.86. The van der Waals surface area contributed by atoms with Gasteiger partial charge in [0.15, 0.2) is 0 Å². The predicted molar refractivity (Wildman–Crippen MR) is 131 cm³/mol. The largest absolute Gasteiger partial charge is 0.497 e. The Bertz CT molecular complexity index is 1280. The van der Waals surface area contributed by atoms with Crippen molar-refractivity contribution in [1.82, 2.24) is 5.43 Å². The van der Waals surface area contributed by atoms with Crippen LogP contribution in [0.1, 0.15) is 11.1 Å². The number of benzene rings is 3. The molecule has 0 saturated carbocycles. The van der Waals surface area contributed by atoms with Gasteiger partial charge in [-0.2, -0.15) is 5.10 Å². The van der Waals surface area contributed by atoms with E-state index in [2.05, 4.69) is 10.5 Å². The van der Waals surface area contributed by atoms with Crippen LogP contribution >= 0.6 is 23.2 Å². The van der Waals surface area contributed by atoms with Gasteiger partial charge in [0.05, 0.1) is 34.0 Å². The number of anilines is 1. The van der Waals surface area contributed by atoms with Gasteiger partial charge < -0.3 is 4.74 Å². The van der Waals surface area contributed by atoms with Gasteiger partial charge in [-0.15, -0.1) is 0 Å². The summed E-state index contributed by atoms with van der Waals surface area (Å²) in [7, 11) is -2.57. The van der Waals surface area contributed by atoms with Crippen LogP contribution in [0.5, 0.6) is 5.75 Å². The molecule has 0 radical (unpaired) electrons. The lowest BCUT2D eigenvalue weighted by Crippen LogP contribution is -2.39. The highest BCUT2D eigenvalue weighted by molar-refractivity contribution is 7.92. The minimum Gasteiger partial charge on any atom is -0.497 e. The van der Waals surface area contributed by atoms with Crippen molar-refractivity contribution < 1.29 is 17.9 Å². The van der Waals surface area contributed by atoms with Crippen molar-refractivity contribution in [3.63, 3.8) is 0 Å². The average molecular weight is 506 g/mol. The zero-order valence-electron chi connectivity index (χ0n) is 17.8. The first kappa shape index (κ1) is 24.6. The summed E-state index contributed by atoms with van der Waals surface area (Å²) in [4.78, 5) is 12.7. The number of nitrogens with zero attached hydrogens (tertiary/aromatic N) is 2. The standard InChI is InChI=1S/C23H21Cl2N3O4S/c1-16-6-9-20(10-7-16)33(30,31)28(18-4-3-5-19(13-18)32-2)15-23(29)27-26-14-17-8-11-21(24)22(25)12-17/h3-14H,15H2,1-2H3,(H,27,29)/b26-14-. The Morgan fingerprint density at radius 3 is 2.45 bits per heavy atom. The molecule has 0 aliphatic rings. The number of aryl methyl sites for hydroxylation is 1. The number of carbonyl (C=O) groups is 1. The first-order valence-electron chi connectivity index (χ1n) is 9.71. The van der Waals surface area contributed by atoms with Crippen LogP contribution < -0.4 is 14.5 Å². The van der Waals surface area contributed by atoms with Gasteiger partial charge in [0.2, 0.25) is 0 Å². The quantitative estimate of drug-likeness (QED) is 0.356. The summed E-state index contributed by atoms with van der Waals surface area (Å²) < 4.78 is 33.0. The Hall–Kier alpha value is -3.07. The van der Waals surface area contributed by atoms with E-state index in [9.17, 15) is 13.2 Å². The third kappa shape index (κ3) is 6.25. The average Bonchev–Trinajstić information content (AvgIpc) is 2.80. The van der Waals surface area contributed by atoms with E-state index in [4.69, 9.17) is 27.9 Å². The van der Waals surface area contributed by atoms with Gasteiger partial charge >= 0.3 is 0 Å². The molecular weight excluding hydrogens is 485 g/mol. The number of hydrogen-bond donors (Lipinski definition) is 1. The fourth-order valence-corrected chi connectivity index (χ4v) is 4.57. The molecular formula is C23H21Cl2N3O4S. The first-order valence-corrected chi connectivity index (χ1v) is 11.9. The van der Waals surface area contributed by atoms with Crippen LogP contribution in [0.4, 0.5) is 5.69 Å². The number of amides is 1. The predicted octanol–water partition coefficient (Wildman–Crippen LogP) is 4.66. The molecule has 0 unspecified atom stereocenters. The van der Waals surface area contributed by atoms with Gasteiger partial charge in [-0.25, -0.2) is 13.8 Å². The number of hydrazone groups is 1. The molecule has 3 rings (SSSR count). The molecule has 3 aromatic carbocycles. The number of hydrogen-bond acceptors (Lipinski definition) is 5. The number of sulfonamides is 1.